The lowest BCUT2D eigenvalue weighted by Gasteiger charge is -2.41. The van der Waals surface area contributed by atoms with Gasteiger partial charge in [0, 0.05) is 26.2 Å². The maximum Gasteiger partial charge on any atom is 0.329 e. The van der Waals surface area contributed by atoms with E-state index >= 15 is 0 Å². The summed E-state index contributed by atoms with van der Waals surface area (Å²) < 4.78 is 5.11. The van der Waals surface area contributed by atoms with Gasteiger partial charge in [0.05, 0.1) is 13.0 Å². The Morgan fingerprint density at radius 2 is 1.39 bits per heavy atom. The van der Waals surface area contributed by atoms with Crippen LogP contribution in [-0.2, 0) is 20.7 Å². The molecule has 0 radical (unpaired) electrons. The van der Waals surface area contributed by atoms with Gasteiger partial charge in [0.2, 0.25) is 5.91 Å². The summed E-state index contributed by atoms with van der Waals surface area (Å²) in [6.45, 7) is 2.52. The standard InChI is InChI=1S/C28H30N2O3/c1-33-28(32)25-21-29(18-17-22-11-5-2-6-12-22)19-20-30(25)27(31)26(23-13-7-3-8-14-23)24-15-9-4-10-16-24/h2-16,25-26H,17-21H2,1H3. The lowest BCUT2D eigenvalue weighted by Crippen LogP contribution is -2.59. The third-order valence-electron chi connectivity index (χ3n) is 6.29. The quantitative estimate of drug-likeness (QED) is 0.523. The van der Waals surface area contributed by atoms with E-state index in [0.29, 0.717) is 13.1 Å². The number of methoxy groups -OCH3 is 1. The summed E-state index contributed by atoms with van der Waals surface area (Å²) in [5.41, 5.74) is 3.10. The van der Waals surface area contributed by atoms with E-state index in [9.17, 15) is 9.59 Å². The Hall–Kier alpha value is -3.44. The van der Waals surface area contributed by atoms with Crippen LogP contribution in [0.4, 0.5) is 0 Å². The normalized spacial score (nSPS) is 16.5. The van der Waals surface area contributed by atoms with E-state index in [4.69, 9.17) is 4.74 Å². The number of nitrogens with zero attached hydrogens (tertiary/aromatic N) is 2. The van der Waals surface area contributed by atoms with E-state index in [1.807, 2.05) is 78.9 Å². The Labute approximate surface area is 195 Å². The Kier molecular flexibility index (Phi) is 7.53. The molecule has 0 aliphatic carbocycles. The third-order valence-corrected chi connectivity index (χ3v) is 6.29. The van der Waals surface area contributed by atoms with Crippen molar-refractivity contribution in [1.29, 1.82) is 0 Å². The number of benzene rings is 3. The minimum absolute atomic E-state index is 0.0643. The average molecular weight is 443 g/mol. The van der Waals surface area contributed by atoms with Gasteiger partial charge in [-0.3, -0.25) is 9.69 Å². The molecule has 4 rings (SSSR count). The van der Waals surface area contributed by atoms with Crippen LogP contribution in [0.5, 0.6) is 0 Å². The highest BCUT2D eigenvalue weighted by molar-refractivity contribution is 5.91. The van der Waals surface area contributed by atoms with E-state index in [-0.39, 0.29) is 11.9 Å². The van der Waals surface area contributed by atoms with Crippen LogP contribution in [0.3, 0.4) is 0 Å². The first kappa shape index (κ1) is 22.7. The zero-order valence-electron chi connectivity index (χ0n) is 19.0. The molecule has 1 aliphatic rings. The lowest BCUT2D eigenvalue weighted by molar-refractivity contribution is -0.156. The number of carbonyl (C=O) groups is 2. The molecule has 1 heterocycles. The molecule has 3 aromatic rings. The van der Waals surface area contributed by atoms with Crippen molar-refractivity contribution >= 4 is 11.9 Å². The maximum absolute atomic E-state index is 13.9. The molecule has 0 N–H and O–H groups in total. The number of amides is 1. The van der Waals surface area contributed by atoms with Crippen LogP contribution < -0.4 is 0 Å². The van der Waals surface area contributed by atoms with Crippen molar-refractivity contribution in [3.05, 3.63) is 108 Å². The van der Waals surface area contributed by atoms with E-state index in [1.54, 1.807) is 4.90 Å². The molecule has 5 nitrogen and oxygen atoms in total. The summed E-state index contributed by atoms with van der Waals surface area (Å²) in [6, 6.07) is 29.2. The van der Waals surface area contributed by atoms with Gasteiger partial charge in [-0.15, -0.1) is 0 Å². The van der Waals surface area contributed by atoms with Gasteiger partial charge in [0.1, 0.15) is 6.04 Å². The third kappa shape index (κ3) is 5.49. The Morgan fingerprint density at radius 3 is 1.94 bits per heavy atom. The van der Waals surface area contributed by atoms with E-state index in [2.05, 4.69) is 17.0 Å². The number of hydrogen-bond acceptors (Lipinski definition) is 4. The van der Waals surface area contributed by atoms with Gasteiger partial charge in [0.25, 0.3) is 0 Å². The molecule has 3 aromatic carbocycles. The Morgan fingerprint density at radius 1 is 0.848 bits per heavy atom. The first-order valence-corrected chi connectivity index (χ1v) is 11.4. The summed E-state index contributed by atoms with van der Waals surface area (Å²) >= 11 is 0. The first-order chi connectivity index (χ1) is 16.2. The van der Waals surface area contributed by atoms with Gasteiger partial charge < -0.3 is 9.64 Å². The summed E-state index contributed by atoms with van der Waals surface area (Å²) in [4.78, 5) is 30.6. The zero-order valence-corrected chi connectivity index (χ0v) is 19.0. The highest BCUT2D eigenvalue weighted by atomic mass is 16.5. The Balaban J connectivity index is 1.55. The molecule has 0 aromatic heterocycles. The molecule has 1 fully saturated rings. The molecular weight excluding hydrogens is 412 g/mol. The highest BCUT2D eigenvalue weighted by Gasteiger charge is 2.39. The van der Waals surface area contributed by atoms with Crippen molar-refractivity contribution in [3.8, 4) is 0 Å². The van der Waals surface area contributed by atoms with Crippen LogP contribution in [0.25, 0.3) is 0 Å². The Bertz CT molecular complexity index is 1000. The molecule has 1 aliphatic heterocycles. The number of esters is 1. The molecule has 0 spiro atoms. The molecule has 170 valence electrons. The van der Waals surface area contributed by atoms with Gasteiger partial charge in [-0.25, -0.2) is 4.79 Å². The molecule has 0 bridgehead atoms. The maximum atomic E-state index is 13.9. The van der Waals surface area contributed by atoms with Crippen molar-refractivity contribution < 1.29 is 14.3 Å². The van der Waals surface area contributed by atoms with Crippen LogP contribution in [0, 0.1) is 0 Å². The molecule has 1 saturated heterocycles. The minimum Gasteiger partial charge on any atom is -0.467 e. The molecule has 1 atom stereocenters. The monoisotopic (exact) mass is 442 g/mol. The first-order valence-electron chi connectivity index (χ1n) is 11.4. The summed E-state index contributed by atoms with van der Waals surface area (Å²) in [5, 5.41) is 0. The van der Waals surface area contributed by atoms with Crippen LogP contribution in [0.15, 0.2) is 91.0 Å². The van der Waals surface area contributed by atoms with Gasteiger partial charge in [-0.05, 0) is 23.1 Å². The second kappa shape index (κ2) is 10.9. The molecule has 33 heavy (non-hydrogen) atoms. The highest BCUT2D eigenvalue weighted by Crippen LogP contribution is 2.29. The van der Waals surface area contributed by atoms with Crippen LogP contribution >= 0.6 is 0 Å². The molecule has 0 saturated carbocycles. The number of hydrogen-bond donors (Lipinski definition) is 0. The number of rotatable bonds is 7. The summed E-state index contributed by atoms with van der Waals surface area (Å²) in [5.74, 6) is -0.895. The van der Waals surface area contributed by atoms with E-state index in [0.717, 1.165) is 30.6 Å². The number of ether oxygens (including phenoxy) is 1. The predicted molar refractivity (Wildman–Crippen MR) is 129 cm³/mol. The predicted octanol–water partition coefficient (Wildman–Crippen LogP) is 3.75. The molecule has 1 amide bonds. The second-order valence-electron chi connectivity index (χ2n) is 8.36. The van der Waals surface area contributed by atoms with Gasteiger partial charge in [-0.2, -0.15) is 0 Å². The molecular formula is C28H30N2O3. The van der Waals surface area contributed by atoms with Crippen molar-refractivity contribution in [2.75, 3.05) is 33.3 Å². The summed E-state index contributed by atoms with van der Waals surface area (Å²) in [7, 11) is 1.39. The SMILES string of the molecule is COC(=O)C1CN(CCc2ccccc2)CCN1C(=O)C(c1ccccc1)c1ccccc1. The fraction of sp³-hybridized carbons (Fsp3) is 0.286. The van der Waals surface area contributed by atoms with Gasteiger partial charge in [-0.1, -0.05) is 91.0 Å². The fourth-order valence-electron chi connectivity index (χ4n) is 4.51. The minimum atomic E-state index is -0.623. The van der Waals surface area contributed by atoms with Crippen molar-refractivity contribution in [2.24, 2.45) is 0 Å². The summed E-state index contributed by atoms with van der Waals surface area (Å²) in [6.07, 6.45) is 0.902. The molecule has 1 unspecified atom stereocenters. The smallest absolute Gasteiger partial charge is 0.329 e. The lowest BCUT2D eigenvalue weighted by atomic mass is 9.89. The van der Waals surface area contributed by atoms with Crippen molar-refractivity contribution in [1.82, 2.24) is 9.80 Å². The number of piperazine rings is 1. The van der Waals surface area contributed by atoms with Crippen LogP contribution in [0.1, 0.15) is 22.6 Å². The van der Waals surface area contributed by atoms with E-state index in [1.165, 1.54) is 12.7 Å². The zero-order chi connectivity index (χ0) is 23.0. The average Bonchev–Trinajstić information content (AvgIpc) is 2.89. The van der Waals surface area contributed by atoms with Crippen molar-refractivity contribution in [3.63, 3.8) is 0 Å². The van der Waals surface area contributed by atoms with Crippen LogP contribution in [0.2, 0.25) is 0 Å². The largest absolute Gasteiger partial charge is 0.467 e. The van der Waals surface area contributed by atoms with Crippen molar-refractivity contribution in [2.45, 2.75) is 18.4 Å². The van der Waals surface area contributed by atoms with Gasteiger partial charge in [0.15, 0.2) is 0 Å². The topological polar surface area (TPSA) is 49.9 Å². The van der Waals surface area contributed by atoms with E-state index < -0.39 is 12.0 Å². The van der Waals surface area contributed by atoms with Gasteiger partial charge >= 0.3 is 5.97 Å². The molecule has 5 heteroatoms. The second-order valence-corrected chi connectivity index (χ2v) is 8.36. The fourth-order valence-corrected chi connectivity index (χ4v) is 4.51. The number of carbonyl (C=O) groups excluding carboxylic acids is 2. The van der Waals surface area contributed by atoms with Crippen LogP contribution in [-0.4, -0.2) is 61.0 Å².